The van der Waals surface area contributed by atoms with Crippen LogP contribution >= 0.6 is 0 Å². The Kier molecular flexibility index (Phi) is 6.98. The molecular formula is C24H32N4O2. The predicted molar refractivity (Wildman–Crippen MR) is 124 cm³/mol. The second kappa shape index (κ2) is 9.65. The smallest absolute Gasteiger partial charge is 0.323 e. The Hall–Kier alpha value is -3.02. The summed E-state index contributed by atoms with van der Waals surface area (Å²) in [4.78, 5) is 27.5. The highest BCUT2D eigenvalue weighted by atomic mass is 16.2. The Morgan fingerprint density at radius 3 is 2.23 bits per heavy atom. The molecule has 0 atom stereocenters. The molecule has 0 heterocycles. The molecule has 0 bridgehead atoms. The number of carbonyl (C=O) groups excluding carboxylic acids is 2. The third kappa shape index (κ3) is 5.32. The van der Waals surface area contributed by atoms with E-state index in [9.17, 15) is 9.59 Å². The molecule has 2 aromatic carbocycles. The van der Waals surface area contributed by atoms with E-state index in [4.69, 9.17) is 0 Å². The summed E-state index contributed by atoms with van der Waals surface area (Å²) in [6, 6.07) is 11.2. The molecule has 30 heavy (non-hydrogen) atoms. The standard InChI is InChI=1S/C24H32N4O2/c1-16-9-8-10-17(2)22(16)27-24(30)26-19-13-14-21(28(3)4)20(15-19)23(29)25-18-11-6-5-7-12-18/h8-10,13-15,18H,5-7,11-12H2,1-4H3,(H,25,29)(H2,26,27,30). The van der Waals surface area contributed by atoms with Gasteiger partial charge in [-0.05, 0) is 56.0 Å². The zero-order valence-corrected chi connectivity index (χ0v) is 18.3. The molecule has 0 saturated heterocycles. The molecule has 2 aromatic rings. The quantitative estimate of drug-likeness (QED) is 0.646. The van der Waals surface area contributed by atoms with Crippen molar-refractivity contribution in [3.05, 3.63) is 53.1 Å². The maximum Gasteiger partial charge on any atom is 0.323 e. The number of para-hydroxylation sites is 1. The molecule has 0 aliphatic heterocycles. The molecule has 160 valence electrons. The Bertz CT molecular complexity index is 897. The van der Waals surface area contributed by atoms with E-state index in [0.717, 1.165) is 48.2 Å². The van der Waals surface area contributed by atoms with Gasteiger partial charge >= 0.3 is 6.03 Å². The lowest BCUT2D eigenvalue weighted by Crippen LogP contribution is -2.36. The summed E-state index contributed by atoms with van der Waals surface area (Å²) in [5.74, 6) is -0.0931. The molecule has 0 spiro atoms. The summed E-state index contributed by atoms with van der Waals surface area (Å²) < 4.78 is 0. The van der Waals surface area contributed by atoms with Crippen molar-refractivity contribution in [3.63, 3.8) is 0 Å². The SMILES string of the molecule is Cc1cccc(C)c1NC(=O)Nc1ccc(N(C)C)c(C(=O)NC2CCCCC2)c1. The summed E-state index contributed by atoms with van der Waals surface area (Å²) in [6.45, 7) is 3.92. The van der Waals surface area contributed by atoms with E-state index in [-0.39, 0.29) is 18.0 Å². The van der Waals surface area contributed by atoms with Gasteiger partial charge in [0, 0.05) is 37.2 Å². The van der Waals surface area contributed by atoms with Gasteiger partial charge in [-0.1, -0.05) is 37.5 Å². The Labute approximate surface area is 179 Å². The third-order valence-electron chi connectivity index (χ3n) is 5.64. The number of benzene rings is 2. The Morgan fingerprint density at radius 1 is 0.933 bits per heavy atom. The number of carbonyl (C=O) groups is 2. The number of hydrogen-bond donors (Lipinski definition) is 3. The van der Waals surface area contributed by atoms with Crippen LogP contribution < -0.4 is 20.9 Å². The maximum absolute atomic E-state index is 13.0. The average Bonchev–Trinajstić information content (AvgIpc) is 2.71. The second-order valence-corrected chi connectivity index (χ2v) is 8.28. The lowest BCUT2D eigenvalue weighted by molar-refractivity contribution is 0.0928. The van der Waals surface area contributed by atoms with Gasteiger partial charge in [-0.15, -0.1) is 0 Å². The number of hydrogen-bond acceptors (Lipinski definition) is 3. The van der Waals surface area contributed by atoms with E-state index in [1.807, 2.05) is 63.2 Å². The summed E-state index contributed by atoms with van der Waals surface area (Å²) in [6.07, 6.45) is 5.61. The van der Waals surface area contributed by atoms with E-state index in [0.29, 0.717) is 11.3 Å². The molecule has 0 radical (unpaired) electrons. The van der Waals surface area contributed by atoms with Crippen molar-refractivity contribution in [1.82, 2.24) is 5.32 Å². The van der Waals surface area contributed by atoms with Crippen LogP contribution in [0.3, 0.4) is 0 Å². The normalized spacial score (nSPS) is 14.1. The van der Waals surface area contributed by atoms with Crippen molar-refractivity contribution in [2.24, 2.45) is 0 Å². The van der Waals surface area contributed by atoms with Crippen LogP contribution in [-0.4, -0.2) is 32.1 Å². The van der Waals surface area contributed by atoms with Crippen LogP contribution in [0.4, 0.5) is 21.9 Å². The first kappa shape index (κ1) is 21.7. The highest BCUT2D eigenvalue weighted by molar-refractivity contribution is 6.04. The van der Waals surface area contributed by atoms with Crippen molar-refractivity contribution < 1.29 is 9.59 Å². The van der Waals surface area contributed by atoms with E-state index >= 15 is 0 Å². The van der Waals surface area contributed by atoms with Gasteiger partial charge in [0.25, 0.3) is 5.91 Å². The molecule has 1 saturated carbocycles. The van der Waals surface area contributed by atoms with Gasteiger partial charge in [-0.25, -0.2) is 4.79 Å². The fourth-order valence-electron chi connectivity index (χ4n) is 3.98. The molecule has 6 nitrogen and oxygen atoms in total. The minimum Gasteiger partial charge on any atom is -0.377 e. The van der Waals surface area contributed by atoms with Gasteiger partial charge in [0.15, 0.2) is 0 Å². The van der Waals surface area contributed by atoms with E-state index < -0.39 is 0 Å². The summed E-state index contributed by atoms with van der Waals surface area (Å²) in [5, 5.41) is 8.95. The molecular weight excluding hydrogens is 376 g/mol. The van der Waals surface area contributed by atoms with Crippen molar-refractivity contribution in [1.29, 1.82) is 0 Å². The molecule has 3 N–H and O–H groups in total. The lowest BCUT2D eigenvalue weighted by atomic mass is 9.95. The summed E-state index contributed by atoms with van der Waals surface area (Å²) >= 11 is 0. The largest absolute Gasteiger partial charge is 0.377 e. The van der Waals surface area contributed by atoms with E-state index in [1.54, 1.807) is 6.07 Å². The number of urea groups is 1. The zero-order chi connectivity index (χ0) is 21.7. The number of aryl methyl sites for hydroxylation is 2. The maximum atomic E-state index is 13.0. The highest BCUT2D eigenvalue weighted by Crippen LogP contribution is 2.25. The summed E-state index contributed by atoms with van der Waals surface area (Å²) in [7, 11) is 3.82. The predicted octanol–water partition coefficient (Wildman–Crippen LogP) is 5.08. The van der Waals surface area contributed by atoms with Crippen molar-refractivity contribution >= 4 is 29.0 Å². The molecule has 1 aliphatic carbocycles. The molecule has 0 aromatic heterocycles. The van der Waals surface area contributed by atoms with E-state index in [1.165, 1.54) is 6.42 Å². The monoisotopic (exact) mass is 408 g/mol. The zero-order valence-electron chi connectivity index (χ0n) is 18.3. The van der Waals surface area contributed by atoms with Crippen LogP contribution in [0.5, 0.6) is 0 Å². The number of nitrogens with zero attached hydrogens (tertiary/aromatic N) is 1. The van der Waals surface area contributed by atoms with Crippen molar-refractivity contribution in [3.8, 4) is 0 Å². The van der Waals surface area contributed by atoms with Crippen LogP contribution in [0.25, 0.3) is 0 Å². The van der Waals surface area contributed by atoms with E-state index in [2.05, 4.69) is 16.0 Å². The number of amides is 3. The highest BCUT2D eigenvalue weighted by Gasteiger charge is 2.20. The van der Waals surface area contributed by atoms with Gasteiger partial charge in [0.05, 0.1) is 5.56 Å². The molecule has 3 rings (SSSR count). The van der Waals surface area contributed by atoms with Crippen LogP contribution in [0.1, 0.15) is 53.6 Å². The minimum atomic E-state index is -0.330. The van der Waals surface area contributed by atoms with Crippen LogP contribution in [0, 0.1) is 13.8 Å². The number of rotatable bonds is 5. The Morgan fingerprint density at radius 2 is 1.60 bits per heavy atom. The minimum absolute atomic E-state index is 0.0931. The first-order chi connectivity index (χ1) is 14.3. The van der Waals surface area contributed by atoms with Crippen LogP contribution in [0.15, 0.2) is 36.4 Å². The van der Waals surface area contributed by atoms with Crippen LogP contribution in [-0.2, 0) is 0 Å². The molecule has 3 amide bonds. The van der Waals surface area contributed by atoms with Gasteiger partial charge in [0.1, 0.15) is 0 Å². The fraction of sp³-hybridized carbons (Fsp3) is 0.417. The van der Waals surface area contributed by atoms with Crippen molar-refractivity contribution in [2.75, 3.05) is 29.6 Å². The summed E-state index contributed by atoms with van der Waals surface area (Å²) in [5.41, 5.74) is 4.77. The second-order valence-electron chi connectivity index (χ2n) is 8.28. The van der Waals surface area contributed by atoms with Gasteiger partial charge in [0.2, 0.25) is 0 Å². The van der Waals surface area contributed by atoms with Crippen LogP contribution in [0.2, 0.25) is 0 Å². The average molecular weight is 409 g/mol. The molecule has 0 unspecified atom stereocenters. The number of nitrogens with one attached hydrogen (secondary N) is 3. The molecule has 6 heteroatoms. The van der Waals surface area contributed by atoms with Gasteiger partial charge < -0.3 is 20.9 Å². The molecule has 1 fully saturated rings. The number of anilines is 3. The Balaban J connectivity index is 1.76. The van der Waals surface area contributed by atoms with Gasteiger partial charge in [-0.2, -0.15) is 0 Å². The van der Waals surface area contributed by atoms with Gasteiger partial charge in [-0.3, -0.25) is 4.79 Å². The first-order valence-electron chi connectivity index (χ1n) is 10.6. The third-order valence-corrected chi connectivity index (χ3v) is 5.64. The fourth-order valence-corrected chi connectivity index (χ4v) is 3.98. The van der Waals surface area contributed by atoms with Crippen molar-refractivity contribution in [2.45, 2.75) is 52.0 Å². The first-order valence-corrected chi connectivity index (χ1v) is 10.6. The lowest BCUT2D eigenvalue weighted by Gasteiger charge is -2.24. The topological polar surface area (TPSA) is 73.5 Å². The molecule has 1 aliphatic rings.